The van der Waals surface area contributed by atoms with Crippen LogP contribution in [0.1, 0.15) is 12.8 Å². The molecule has 0 amide bonds. The largest absolute Gasteiger partial charge is 0.398 e. The van der Waals surface area contributed by atoms with Gasteiger partial charge in [0, 0.05) is 30.1 Å². The van der Waals surface area contributed by atoms with E-state index in [1.807, 2.05) is 4.90 Å². The smallest absolute Gasteiger partial charge is 0.273 e. The molecule has 0 bridgehead atoms. The van der Waals surface area contributed by atoms with Crippen LogP contribution in [0.25, 0.3) is 0 Å². The van der Waals surface area contributed by atoms with Crippen LogP contribution in [0.5, 0.6) is 0 Å². The highest BCUT2D eigenvalue weighted by atomic mass is 16.6. The van der Waals surface area contributed by atoms with Crippen LogP contribution in [-0.2, 0) is 0 Å². The first-order chi connectivity index (χ1) is 8.11. The molecule has 1 unspecified atom stereocenters. The highest BCUT2D eigenvalue weighted by molar-refractivity contribution is 5.63. The van der Waals surface area contributed by atoms with Gasteiger partial charge in [0.1, 0.15) is 0 Å². The van der Waals surface area contributed by atoms with Crippen molar-refractivity contribution >= 4 is 17.1 Å². The zero-order valence-corrected chi connectivity index (χ0v) is 9.37. The van der Waals surface area contributed by atoms with Crippen molar-refractivity contribution in [2.75, 3.05) is 23.8 Å². The van der Waals surface area contributed by atoms with E-state index in [4.69, 9.17) is 5.73 Å². The van der Waals surface area contributed by atoms with Gasteiger partial charge in [0.05, 0.1) is 17.6 Å². The van der Waals surface area contributed by atoms with Gasteiger partial charge in [0.25, 0.3) is 5.69 Å². The van der Waals surface area contributed by atoms with Gasteiger partial charge in [0.2, 0.25) is 0 Å². The highest BCUT2D eigenvalue weighted by Gasteiger charge is 2.25. The highest BCUT2D eigenvalue weighted by Crippen LogP contribution is 2.30. The van der Waals surface area contributed by atoms with E-state index in [0.717, 1.165) is 19.4 Å². The lowest BCUT2D eigenvalue weighted by atomic mass is 10.2. The second-order valence-electron chi connectivity index (χ2n) is 4.21. The number of nitro benzene ring substituents is 1. The Morgan fingerprint density at radius 2 is 2.29 bits per heavy atom. The molecule has 17 heavy (non-hydrogen) atoms. The summed E-state index contributed by atoms with van der Waals surface area (Å²) in [5.41, 5.74) is 6.74. The van der Waals surface area contributed by atoms with Gasteiger partial charge in [-0.25, -0.2) is 0 Å². The molecule has 0 aliphatic carbocycles. The Balaban J connectivity index is 2.34. The van der Waals surface area contributed by atoms with Crippen LogP contribution in [-0.4, -0.2) is 29.2 Å². The minimum Gasteiger partial charge on any atom is -0.398 e. The van der Waals surface area contributed by atoms with Gasteiger partial charge in [-0.1, -0.05) is 0 Å². The van der Waals surface area contributed by atoms with E-state index in [0.29, 0.717) is 11.4 Å². The predicted octanol–water partition coefficient (Wildman–Crippen LogP) is 1.14. The SMILES string of the molecule is Nc1cc(N2CCCC2CO)cc([N+](=O)[O-])c1. The molecule has 1 aromatic rings. The maximum absolute atomic E-state index is 10.8. The fourth-order valence-electron chi connectivity index (χ4n) is 2.25. The number of anilines is 2. The van der Waals surface area contributed by atoms with E-state index in [1.165, 1.54) is 12.1 Å². The molecule has 1 fully saturated rings. The van der Waals surface area contributed by atoms with E-state index in [9.17, 15) is 15.2 Å². The minimum atomic E-state index is -0.454. The molecule has 0 spiro atoms. The first kappa shape index (κ1) is 11.7. The summed E-state index contributed by atoms with van der Waals surface area (Å²) in [5, 5.41) is 20.0. The third kappa shape index (κ3) is 2.31. The lowest BCUT2D eigenvalue weighted by Crippen LogP contribution is -2.32. The molecule has 3 N–H and O–H groups in total. The maximum Gasteiger partial charge on any atom is 0.273 e. The van der Waals surface area contributed by atoms with Crippen molar-refractivity contribution < 1.29 is 10.0 Å². The lowest BCUT2D eigenvalue weighted by Gasteiger charge is -2.25. The summed E-state index contributed by atoms with van der Waals surface area (Å²) in [6, 6.07) is 4.59. The summed E-state index contributed by atoms with van der Waals surface area (Å²) in [7, 11) is 0. The topological polar surface area (TPSA) is 92.6 Å². The predicted molar refractivity (Wildman–Crippen MR) is 65.0 cm³/mol. The van der Waals surface area contributed by atoms with E-state index in [1.54, 1.807) is 6.07 Å². The first-order valence-electron chi connectivity index (χ1n) is 5.54. The van der Waals surface area contributed by atoms with E-state index in [-0.39, 0.29) is 18.3 Å². The third-order valence-corrected chi connectivity index (χ3v) is 3.06. The van der Waals surface area contributed by atoms with E-state index in [2.05, 4.69) is 0 Å². The van der Waals surface area contributed by atoms with Crippen molar-refractivity contribution in [3.8, 4) is 0 Å². The Kier molecular flexibility index (Phi) is 3.14. The molecule has 6 nitrogen and oxygen atoms in total. The van der Waals surface area contributed by atoms with Crippen LogP contribution in [0, 0.1) is 10.1 Å². The molecular formula is C11H15N3O3. The monoisotopic (exact) mass is 237 g/mol. The number of non-ortho nitro benzene ring substituents is 1. The zero-order chi connectivity index (χ0) is 12.4. The zero-order valence-electron chi connectivity index (χ0n) is 9.37. The van der Waals surface area contributed by atoms with Crippen molar-refractivity contribution in [2.24, 2.45) is 0 Å². The van der Waals surface area contributed by atoms with Crippen LogP contribution in [0.2, 0.25) is 0 Å². The van der Waals surface area contributed by atoms with Crippen molar-refractivity contribution in [1.29, 1.82) is 0 Å². The standard InChI is InChI=1S/C11H15N3O3/c12-8-4-10(6-11(5-8)14(16)17)13-3-1-2-9(13)7-15/h4-6,9,15H,1-3,7,12H2. The number of nitrogen functional groups attached to an aromatic ring is 1. The molecular weight excluding hydrogens is 222 g/mol. The molecule has 1 saturated heterocycles. The fraction of sp³-hybridized carbons (Fsp3) is 0.455. The number of benzene rings is 1. The molecule has 1 aliphatic heterocycles. The van der Waals surface area contributed by atoms with Crippen LogP contribution in [0.3, 0.4) is 0 Å². The second kappa shape index (κ2) is 4.58. The van der Waals surface area contributed by atoms with Gasteiger partial charge in [-0.05, 0) is 18.9 Å². The third-order valence-electron chi connectivity index (χ3n) is 3.06. The minimum absolute atomic E-state index is 0.0106. The van der Waals surface area contributed by atoms with E-state index < -0.39 is 4.92 Å². The van der Waals surface area contributed by atoms with Gasteiger partial charge in [-0.3, -0.25) is 10.1 Å². The quantitative estimate of drug-likeness (QED) is 0.467. The van der Waals surface area contributed by atoms with Gasteiger partial charge in [-0.2, -0.15) is 0 Å². The Hall–Kier alpha value is -1.82. The first-order valence-corrected chi connectivity index (χ1v) is 5.54. The molecule has 92 valence electrons. The van der Waals surface area contributed by atoms with Gasteiger partial charge in [-0.15, -0.1) is 0 Å². The number of nitrogens with zero attached hydrogens (tertiary/aromatic N) is 2. The lowest BCUT2D eigenvalue weighted by molar-refractivity contribution is -0.384. The summed E-state index contributed by atoms with van der Waals surface area (Å²) in [6.07, 6.45) is 1.88. The Labute approximate surface area is 98.8 Å². The Morgan fingerprint density at radius 1 is 1.53 bits per heavy atom. The molecule has 1 aromatic carbocycles. The average Bonchev–Trinajstić information content (AvgIpc) is 2.76. The fourth-order valence-corrected chi connectivity index (χ4v) is 2.25. The molecule has 1 aliphatic rings. The van der Waals surface area contributed by atoms with Crippen molar-refractivity contribution in [3.05, 3.63) is 28.3 Å². The summed E-state index contributed by atoms with van der Waals surface area (Å²) in [4.78, 5) is 12.3. The number of nitrogens with two attached hydrogens (primary N) is 1. The Bertz CT molecular complexity index is 436. The number of rotatable bonds is 3. The summed E-state index contributed by atoms with van der Waals surface area (Å²) >= 11 is 0. The number of hydrogen-bond donors (Lipinski definition) is 2. The van der Waals surface area contributed by atoms with Gasteiger partial charge < -0.3 is 15.7 Å². The molecule has 1 heterocycles. The molecule has 0 aromatic heterocycles. The van der Waals surface area contributed by atoms with E-state index >= 15 is 0 Å². The average molecular weight is 237 g/mol. The Morgan fingerprint density at radius 3 is 2.94 bits per heavy atom. The maximum atomic E-state index is 10.8. The molecule has 6 heteroatoms. The molecule has 0 radical (unpaired) electrons. The van der Waals surface area contributed by atoms with Gasteiger partial charge >= 0.3 is 0 Å². The number of nitro groups is 1. The number of aliphatic hydroxyl groups excluding tert-OH is 1. The van der Waals surface area contributed by atoms with Crippen LogP contribution < -0.4 is 10.6 Å². The van der Waals surface area contributed by atoms with Crippen molar-refractivity contribution in [2.45, 2.75) is 18.9 Å². The van der Waals surface area contributed by atoms with Crippen LogP contribution in [0.15, 0.2) is 18.2 Å². The number of aliphatic hydroxyl groups is 1. The molecule has 0 saturated carbocycles. The van der Waals surface area contributed by atoms with Crippen LogP contribution in [0.4, 0.5) is 17.1 Å². The number of hydrogen-bond acceptors (Lipinski definition) is 5. The summed E-state index contributed by atoms with van der Waals surface area (Å²) in [6.45, 7) is 0.856. The summed E-state index contributed by atoms with van der Waals surface area (Å²) < 4.78 is 0. The van der Waals surface area contributed by atoms with Crippen molar-refractivity contribution in [1.82, 2.24) is 0 Å². The van der Waals surface area contributed by atoms with Crippen molar-refractivity contribution in [3.63, 3.8) is 0 Å². The van der Waals surface area contributed by atoms with Gasteiger partial charge in [0.15, 0.2) is 0 Å². The second-order valence-corrected chi connectivity index (χ2v) is 4.21. The molecule has 2 rings (SSSR count). The normalized spacial score (nSPS) is 19.6. The molecule has 1 atom stereocenters. The van der Waals surface area contributed by atoms with Crippen LogP contribution >= 0.6 is 0 Å². The summed E-state index contributed by atoms with van der Waals surface area (Å²) in [5.74, 6) is 0.